The first-order valence-corrected chi connectivity index (χ1v) is 9.33. The van der Waals surface area contributed by atoms with Crippen LogP contribution in [-0.2, 0) is 24.3 Å². The minimum Gasteiger partial charge on any atom is -0.460 e. The van der Waals surface area contributed by atoms with E-state index in [4.69, 9.17) is 9.47 Å². The molecule has 0 aromatic heterocycles. The van der Waals surface area contributed by atoms with Gasteiger partial charge in [-0.1, -0.05) is 6.07 Å². The summed E-state index contributed by atoms with van der Waals surface area (Å²) in [4.78, 5) is 23.8. The van der Waals surface area contributed by atoms with Crippen LogP contribution in [-0.4, -0.2) is 50.0 Å². The van der Waals surface area contributed by atoms with Gasteiger partial charge in [0.2, 0.25) is 16.1 Å². The van der Waals surface area contributed by atoms with E-state index in [-0.39, 0.29) is 16.6 Å². The zero-order valence-corrected chi connectivity index (χ0v) is 14.1. The average molecular weight is 353 g/mol. The van der Waals surface area contributed by atoms with Gasteiger partial charge in [-0.05, 0) is 38.0 Å². The number of benzene rings is 1. The number of nitrogens with zero attached hydrogens (tertiary/aromatic N) is 1. The van der Waals surface area contributed by atoms with Crippen LogP contribution >= 0.6 is 0 Å². The summed E-state index contributed by atoms with van der Waals surface area (Å²) in [7, 11) is -3.61. The Morgan fingerprint density at radius 1 is 1.29 bits per heavy atom. The van der Waals surface area contributed by atoms with Crippen LogP contribution in [0.3, 0.4) is 0 Å². The second-order valence-corrected chi connectivity index (χ2v) is 7.95. The first kappa shape index (κ1) is 16.9. The van der Waals surface area contributed by atoms with Crippen molar-refractivity contribution in [3.05, 3.63) is 29.8 Å². The van der Waals surface area contributed by atoms with Crippen LogP contribution in [0.15, 0.2) is 29.2 Å². The van der Waals surface area contributed by atoms with E-state index in [2.05, 4.69) is 0 Å². The fraction of sp³-hybridized carbons (Fsp3) is 0.500. The highest BCUT2D eigenvalue weighted by Crippen LogP contribution is 2.23. The maximum atomic E-state index is 12.5. The molecule has 2 saturated heterocycles. The number of hydrogen-bond donors (Lipinski definition) is 0. The quantitative estimate of drug-likeness (QED) is 0.759. The molecule has 2 unspecified atom stereocenters. The van der Waals surface area contributed by atoms with Gasteiger partial charge in [-0.25, -0.2) is 18.0 Å². The van der Waals surface area contributed by atoms with Crippen molar-refractivity contribution >= 4 is 22.0 Å². The van der Waals surface area contributed by atoms with Gasteiger partial charge in [0, 0.05) is 19.5 Å². The van der Waals surface area contributed by atoms with E-state index in [1.807, 2.05) is 0 Å². The summed E-state index contributed by atoms with van der Waals surface area (Å²) in [5, 5.41) is 0. The molecule has 3 rings (SSSR count). The van der Waals surface area contributed by atoms with Crippen LogP contribution in [0.4, 0.5) is 0 Å². The fourth-order valence-corrected chi connectivity index (χ4v) is 4.44. The lowest BCUT2D eigenvalue weighted by Crippen LogP contribution is -2.28. The molecular formula is C16H19NO6S. The number of cyclic esters (lactones) is 1. The van der Waals surface area contributed by atoms with Crippen molar-refractivity contribution < 1.29 is 27.5 Å². The molecule has 0 aliphatic carbocycles. The Balaban J connectivity index is 1.77. The van der Waals surface area contributed by atoms with E-state index in [1.165, 1.54) is 28.6 Å². The second kappa shape index (κ2) is 6.52. The Morgan fingerprint density at radius 2 is 2.00 bits per heavy atom. The van der Waals surface area contributed by atoms with E-state index >= 15 is 0 Å². The van der Waals surface area contributed by atoms with Crippen LogP contribution in [0.25, 0.3) is 0 Å². The van der Waals surface area contributed by atoms with Crippen LogP contribution in [0, 0.1) is 0 Å². The number of rotatable bonds is 4. The van der Waals surface area contributed by atoms with Gasteiger partial charge in [-0.15, -0.1) is 0 Å². The van der Waals surface area contributed by atoms with Gasteiger partial charge in [0.15, 0.2) is 0 Å². The molecule has 2 aliphatic rings. The zero-order valence-electron chi connectivity index (χ0n) is 13.3. The largest absolute Gasteiger partial charge is 0.460 e. The molecule has 130 valence electrons. The smallest absolute Gasteiger partial charge is 0.347 e. The van der Waals surface area contributed by atoms with Gasteiger partial charge in [0.05, 0.1) is 10.5 Å². The molecule has 24 heavy (non-hydrogen) atoms. The normalized spacial score (nSPS) is 24.8. The van der Waals surface area contributed by atoms with Crippen molar-refractivity contribution in [3.63, 3.8) is 0 Å². The summed E-state index contributed by atoms with van der Waals surface area (Å²) in [5.74, 6) is -1.30. The van der Waals surface area contributed by atoms with Crippen molar-refractivity contribution in [2.75, 3.05) is 13.1 Å². The second-order valence-electron chi connectivity index (χ2n) is 6.02. The number of carbonyl (C=O) groups excluding carboxylic acids is 2. The highest BCUT2D eigenvalue weighted by Gasteiger charge is 2.35. The summed E-state index contributed by atoms with van der Waals surface area (Å²) in [6, 6.07) is 5.71. The molecule has 2 atom stereocenters. The number of ether oxygens (including phenoxy) is 2. The maximum Gasteiger partial charge on any atom is 0.347 e. The molecule has 7 nitrogen and oxygen atoms in total. The lowest BCUT2D eigenvalue weighted by atomic mass is 10.2. The van der Waals surface area contributed by atoms with Gasteiger partial charge in [0.25, 0.3) is 0 Å². The number of sulfonamides is 1. The molecule has 0 saturated carbocycles. The fourth-order valence-electron chi connectivity index (χ4n) is 2.87. The Hall–Kier alpha value is -1.93. The van der Waals surface area contributed by atoms with Crippen molar-refractivity contribution in [2.24, 2.45) is 0 Å². The monoisotopic (exact) mass is 353 g/mol. The molecule has 0 amide bonds. The predicted molar refractivity (Wildman–Crippen MR) is 83.8 cm³/mol. The van der Waals surface area contributed by atoms with E-state index in [9.17, 15) is 18.0 Å². The Bertz CT molecular complexity index is 754. The van der Waals surface area contributed by atoms with Gasteiger partial charge in [-0.3, -0.25) is 0 Å². The Kier molecular flexibility index (Phi) is 4.60. The van der Waals surface area contributed by atoms with Crippen molar-refractivity contribution in [1.29, 1.82) is 0 Å². The van der Waals surface area contributed by atoms with Crippen molar-refractivity contribution in [2.45, 2.75) is 43.3 Å². The number of esters is 2. The van der Waals surface area contributed by atoms with Crippen molar-refractivity contribution in [1.82, 2.24) is 4.31 Å². The zero-order chi connectivity index (χ0) is 17.3. The average Bonchev–Trinajstić information content (AvgIpc) is 3.18. The molecule has 0 bridgehead atoms. The summed E-state index contributed by atoms with van der Waals surface area (Å²) >= 11 is 0. The van der Waals surface area contributed by atoms with Crippen molar-refractivity contribution in [3.8, 4) is 0 Å². The standard InChI is InChI=1S/C16H19NO6S/c1-11-9-14(16(19)22-11)23-15(18)12-5-4-6-13(10-12)24(20,21)17-7-2-3-8-17/h4-6,10-11,14H,2-3,7-9H2,1H3. The van der Waals surface area contributed by atoms with Crippen LogP contribution < -0.4 is 0 Å². The van der Waals surface area contributed by atoms with Gasteiger partial charge < -0.3 is 9.47 Å². The molecule has 2 fully saturated rings. The minimum atomic E-state index is -3.61. The first-order valence-electron chi connectivity index (χ1n) is 7.89. The van der Waals surface area contributed by atoms with Gasteiger partial charge in [-0.2, -0.15) is 4.31 Å². The van der Waals surface area contributed by atoms with Crippen LogP contribution in [0.1, 0.15) is 36.5 Å². The van der Waals surface area contributed by atoms with E-state index in [1.54, 1.807) is 6.92 Å². The third-order valence-electron chi connectivity index (χ3n) is 4.15. The first-order chi connectivity index (χ1) is 11.4. The summed E-state index contributed by atoms with van der Waals surface area (Å²) in [6.07, 6.45) is 0.742. The molecule has 0 N–H and O–H groups in total. The highest BCUT2D eigenvalue weighted by molar-refractivity contribution is 7.89. The summed E-state index contributed by atoms with van der Waals surface area (Å²) in [5.41, 5.74) is 0.0997. The molecule has 1 aromatic rings. The van der Waals surface area contributed by atoms with Gasteiger partial charge >= 0.3 is 11.9 Å². The molecule has 1 aromatic carbocycles. The maximum absolute atomic E-state index is 12.5. The number of hydrogen-bond acceptors (Lipinski definition) is 6. The summed E-state index contributed by atoms with van der Waals surface area (Å²) < 4.78 is 36.6. The van der Waals surface area contributed by atoms with Gasteiger partial charge in [0.1, 0.15) is 6.10 Å². The molecule has 0 spiro atoms. The van der Waals surface area contributed by atoms with Crippen LogP contribution in [0.5, 0.6) is 0 Å². The molecule has 2 aliphatic heterocycles. The number of carbonyl (C=O) groups is 2. The minimum absolute atomic E-state index is 0.0567. The highest BCUT2D eigenvalue weighted by atomic mass is 32.2. The van der Waals surface area contributed by atoms with Crippen LogP contribution in [0.2, 0.25) is 0 Å². The SMILES string of the molecule is CC1CC(OC(=O)c2cccc(S(=O)(=O)N3CCCC3)c2)C(=O)O1. The molecular weight excluding hydrogens is 334 g/mol. The molecule has 8 heteroatoms. The lowest BCUT2D eigenvalue weighted by Gasteiger charge is -2.16. The molecule has 0 radical (unpaired) electrons. The Labute approximate surface area is 140 Å². The lowest BCUT2D eigenvalue weighted by molar-refractivity contribution is -0.147. The van der Waals surface area contributed by atoms with E-state index < -0.39 is 28.1 Å². The van der Waals surface area contributed by atoms with E-state index in [0.717, 1.165) is 12.8 Å². The third kappa shape index (κ3) is 3.29. The van der Waals surface area contributed by atoms with E-state index in [0.29, 0.717) is 19.5 Å². The molecule has 2 heterocycles. The third-order valence-corrected chi connectivity index (χ3v) is 6.04. The summed E-state index contributed by atoms with van der Waals surface area (Å²) in [6.45, 7) is 2.70. The topological polar surface area (TPSA) is 90.0 Å². The Morgan fingerprint density at radius 3 is 2.62 bits per heavy atom. The predicted octanol–water partition coefficient (Wildman–Crippen LogP) is 1.33.